The minimum absolute atomic E-state index is 0.0432. The Bertz CT molecular complexity index is 759. The molecule has 33 heavy (non-hydrogen) atoms. The molecule has 0 aliphatic carbocycles. The number of nitrogens with one attached hydrogen (secondary N) is 2. The lowest BCUT2D eigenvalue weighted by atomic mass is 10.0. The van der Waals surface area contributed by atoms with Crippen molar-refractivity contribution in [1.82, 2.24) is 10.6 Å². The van der Waals surface area contributed by atoms with Gasteiger partial charge in [-0.15, -0.1) is 0 Å². The van der Waals surface area contributed by atoms with Crippen molar-refractivity contribution in [3.05, 3.63) is 60.1 Å². The highest BCUT2D eigenvalue weighted by Gasteiger charge is 2.22. The number of rotatable bonds is 16. The Morgan fingerprint density at radius 2 is 1.97 bits per heavy atom. The van der Waals surface area contributed by atoms with Gasteiger partial charge in [-0.1, -0.05) is 44.2 Å². The number of benzene rings is 1. The molecule has 3 N–H and O–H groups in total. The van der Waals surface area contributed by atoms with E-state index in [1.165, 1.54) is 0 Å². The Labute approximate surface area is 206 Å². The average Bonchev–Trinajstić information content (AvgIpc) is 3.31. The lowest BCUT2D eigenvalue weighted by Gasteiger charge is -2.27. The van der Waals surface area contributed by atoms with Gasteiger partial charge in [0.05, 0.1) is 18.1 Å². The normalized spacial score (nSPS) is 14.1. The highest BCUT2D eigenvalue weighted by atomic mass is 32.2. The fourth-order valence-electron chi connectivity index (χ4n) is 3.48. The minimum Gasteiger partial charge on any atom is -0.468 e. The van der Waals surface area contributed by atoms with Crippen LogP contribution in [0.3, 0.4) is 0 Å². The van der Waals surface area contributed by atoms with Crippen molar-refractivity contribution in [2.24, 2.45) is 5.92 Å². The first kappa shape index (κ1) is 27.6. The zero-order valence-electron chi connectivity index (χ0n) is 19.9. The molecule has 0 bridgehead atoms. The first-order chi connectivity index (χ1) is 16.0. The molecule has 184 valence electrons. The monoisotopic (exact) mass is 494 g/mol. The van der Waals surface area contributed by atoms with E-state index in [2.05, 4.69) is 24.5 Å². The number of hydrogen-bond donors (Lipinski definition) is 3. The number of carbonyl (C=O) groups is 1. The van der Waals surface area contributed by atoms with Gasteiger partial charge in [0, 0.05) is 24.4 Å². The molecule has 0 spiro atoms. The second-order valence-electron chi connectivity index (χ2n) is 8.49. The second kappa shape index (κ2) is 16.1. The quantitative estimate of drug-likeness (QED) is 0.286. The molecule has 2 rings (SSSR count). The van der Waals surface area contributed by atoms with Crippen molar-refractivity contribution in [3.8, 4) is 0 Å². The summed E-state index contributed by atoms with van der Waals surface area (Å²) in [6.45, 7) is 5.10. The van der Waals surface area contributed by atoms with Gasteiger partial charge in [-0.25, -0.2) is 4.79 Å². The summed E-state index contributed by atoms with van der Waals surface area (Å²) in [5.41, 5.74) is 0.957. The van der Waals surface area contributed by atoms with Crippen LogP contribution in [0, 0.1) is 5.92 Å². The van der Waals surface area contributed by atoms with Gasteiger partial charge < -0.3 is 24.9 Å². The summed E-state index contributed by atoms with van der Waals surface area (Å²) in [6.07, 6.45) is 4.48. The molecule has 0 aliphatic heterocycles. The second-order valence-corrected chi connectivity index (χ2v) is 10.5. The van der Waals surface area contributed by atoms with E-state index in [0.29, 0.717) is 18.2 Å². The van der Waals surface area contributed by atoms with Gasteiger partial charge in [0.25, 0.3) is 0 Å². The number of aliphatic hydroxyl groups excluding tert-OH is 1. The maximum Gasteiger partial charge on any atom is 0.407 e. The number of hydrogen-bond acceptors (Lipinski definition) is 7. The molecule has 2 aromatic rings. The van der Waals surface area contributed by atoms with Crippen LogP contribution in [-0.2, 0) is 17.1 Å². The van der Waals surface area contributed by atoms with Gasteiger partial charge in [0.2, 0.25) is 0 Å². The fraction of sp³-hybridized carbons (Fsp3) is 0.560. The average molecular weight is 495 g/mol. The number of amides is 1. The third kappa shape index (κ3) is 11.9. The van der Waals surface area contributed by atoms with Crippen LogP contribution in [-0.4, -0.2) is 53.7 Å². The van der Waals surface area contributed by atoms with E-state index in [4.69, 9.17) is 9.15 Å². The van der Waals surface area contributed by atoms with Crippen LogP contribution in [0.2, 0.25) is 0 Å². The number of thioether (sulfide) groups is 2. The number of carbonyl (C=O) groups excluding carboxylic acids is 1. The van der Waals surface area contributed by atoms with Crippen LogP contribution in [0.25, 0.3) is 0 Å². The van der Waals surface area contributed by atoms with Crippen LogP contribution in [0.5, 0.6) is 0 Å². The van der Waals surface area contributed by atoms with E-state index in [0.717, 1.165) is 35.7 Å². The highest BCUT2D eigenvalue weighted by Crippen LogP contribution is 2.16. The van der Waals surface area contributed by atoms with Crippen molar-refractivity contribution in [2.75, 3.05) is 24.3 Å². The van der Waals surface area contributed by atoms with Crippen LogP contribution in [0.1, 0.15) is 38.0 Å². The van der Waals surface area contributed by atoms with Gasteiger partial charge in [-0.3, -0.25) is 0 Å². The number of furan rings is 1. The molecule has 1 aromatic heterocycles. The van der Waals surface area contributed by atoms with E-state index < -0.39 is 12.2 Å². The predicted molar refractivity (Wildman–Crippen MR) is 139 cm³/mol. The fourth-order valence-corrected chi connectivity index (χ4v) is 4.99. The summed E-state index contributed by atoms with van der Waals surface area (Å²) in [5, 5.41) is 17.2. The predicted octanol–water partition coefficient (Wildman–Crippen LogP) is 4.93. The molecule has 0 radical (unpaired) electrons. The van der Waals surface area contributed by atoms with Gasteiger partial charge in [-0.2, -0.15) is 23.5 Å². The standard InChI is InChI=1S/C25H38N2O4S2/c1-19(2)14-21(27-25(29)31-16-20-8-5-4-6-9-20)15-26-23(24(28)18-32-3)11-13-33-17-22-10-7-12-30-22/h4-10,12,19,21,23-24,26,28H,11,13-18H2,1-3H3,(H,27,29). The largest absolute Gasteiger partial charge is 0.468 e. The van der Waals surface area contributed by atoms with Crippen LogP contribution >= 0.6 is 23.5 Å². The van der Waals surface area contributed by atoms with Gasteiger partial charge in [-0.05, 0) is 48.5 Å². The molecule has 0 aliphatic rings. The third-order valence-corrected chi connectivity index (χ3v) is 6.80. The molecule has 0 saturated heterocycles. The minimum atomic E-state index is -0.450. The summed E-state index contributed by atoms with van der Waals surface area (Å²) < 4.78 is 10.8. The topological polar surface area (TPSA) is 83.7 Å². The summed E-state index contributed by atoms with van der Waals surface area (Å²) in [5.74, 6) is 3.78. The summed E-state index contributed by atoms with van der Waals surface area (Å²) in [4.78, 5) is 12.4. The number of ether oxygens (including phenoxy) is 1. The zero-order chi connectivity index (χ0) is 23.9. The van der Waals surface area contributed by atoms with Crippen LogP contribution in [0.15, 0.2) is 53.1 Å². The van der Waals surface area contributed by atoms with Gasteiger partial charge in [0.15, 0.2) is 0 Å². The lowest BCUT2D eigenvalue weighted by Crippen LogP contribution is -2.49. The highest BCUT2D eigenvalue weighted by molar-refractivity contribution is 7.98. The maximum absolute atomic E-state index is 12.4. The van der Waals surface area contributed by atoms with E-state index >= 15 is 0 Å². The maximum atomic E-state index is 12.4. The van der Waals surface area contributed by atoms with Crippen molar-refractivity contribution in [1.29, 1.82) is 0 Å². The Kier molecular flexibility index (Phi) is 13.5. The lowest BCUT2D eigenvalue weighted by molar-refractivity contribution is 0.129. The van der Waals surface area contributed by atoms with Gasteiger partial charge >= 0.3 is 6.09 Å². The van der Waals surface area contributed by atoms with E-state index in [9.17, 15) is 9.90 Å². The Morgan fingerprint density at radius 3 is 2.64 bits per heavy atom. The molecular weight excluding hydrogens is 456 g/mol. The first-order valence-corrected chi connectivity index (χ1v) is 14.0. The summed E-state index contributed by atoms with van der Waals surface area (Å²) in [7, 11) is 0. The third-order valence-electron chi connectivity index (χ3n) is 5.12. The number of aliphatic hydroxyl groups is 1. The smallest absolute Gasteiger partial charge is 0.407 e. The molecule has 0 fully saturated rings. The Balaban J connectivity index is 1.83. The van der Waals surface area contributed by atoms with E-state index in [1.807, 2.05) is 48.7 Å². The van der Waals surface area contributed by atoms with Crippen molar-refractivity contribution >= 4 is 29.6 Å². The van der Waals surface area contributed by atoms with Crippen molar-refractivity contribution in [2.45, 2.75) is 57.2 Å². The van der Waals surface area contributed by atoms with Crippen LogP contribution < -0.4 is 10.6 Å². The zero-order valence-corrected chi connectivity index (χ0v) is 21.5. The summed E-state index contributed by atoms with van der Waals surface area (Å²) in [6, 6.07) is 13.4. The SMILES string of the molecule is CSCC(O)C(CCSCc1ccco1)NCC(CC(C)C)NC(=O)OCc1ccccc1. The van der Waals surface area contributed by atoms with Crippen LogP contribution in [0.4, 0.5) is 4.79 Å². The van der Waals surface area contributed by atoms with Gasteiger partial charge in [0.1, 0.15) is 12.4 Å². The molecule has 0 saturated carbocycles. The molecule has 1 aromatic carbocycles. The molecule has 3 atom stereocenters. The number of alkyl carbamates (subject to hydrolysis) is 1. The van der Waals surface area contributed by atoms with Crippen molar-refractivity contribution < 1.29 is 19.1 Å². The molecule has 3 unspecified atom stereocenters. The molecular formula is C25H38N2O4S2. The molecule has 6 nitrogen and oxygen atoms in total. The summed E-state index contributed by atoms with van der Waals surface area (Å²) >= 11 is 3.43. The Morgan fingerprint density at radius 1 is 1.18 bits per heavy atom. The molecule has 1 amide bonds. The first-order valence-electron chi connectivity index (χ1n) is 11.5. The molecule has 1 heterocycles. The Hall–Kier alpha value is -1.61. The van der Waals surface area contributed by atoms with E-state index in [1.54, 1.807) is 29.8 Å². The van der Waals surface area contributed by atoms with E-state index in [-0.39, 0.29) is 18.7 Å². The molecule has 8 heteroatoms. The van der Waals surface area contributed by atoms with Crippen molar-refractivity contribution in [3.63, 3.8) is 0 Å².